The first-order chi connectivity index (χ1) is 8.22. The van der Waals surface area contributed by atoms with Gasteiger partial charge < -0.3 is 9.84 Å². The van der Waals surface area contributed by atoms with Gasteiger partial charge in [0.25, 0.3) is 0 Å². The lowest BCUT2D eigenvalue weighted by Gasteiger charge is -2.04. The Bertz CT molecular complexity index is 396. The highest BCUT2D eigenvalue weighted by molar-refractivity contribution is 5.84. The molecule has 0 aliphatic rings. The maximum absolute atomic E-state index is 10.3. The number of nitrogens with zero attached hydrogens (tertiary/aromatic N) is 1. The summed E-state index contributed by atoms with van der Waals surface area (Å²) in [5, 5.41) is 8.45. The van der Waals surface area contributed by atoms with Crippen LogP contribution in [-0.2, 0) is 4.79 Å². The Labute approximate surface area is 100 Å². The molecule has 90 valence electrons. The number of hydrogen-bond acceptors (Lipinski definition) is 3. The van der Waals surface area contributed by atoms with E-state index in [1.807, 2.05) is 6.08 Å². The van der Waals surface area contributed by atoms with Crippen LogP contribution in [0, 0.1) is 0 Å². The van der Waals surface area contributed by atoms with E-state index in [2.05, 4.69) is 11.6 Å². The van der Waals surface area contributed by atoms with Crippen molar-refractivity contribution in [2.24, 2.45) is 0 Å². The van der Waals surface area contributed by atoms with E-state index < -0.39 is 5.97 Å². The molecular weight excluding hydrogens is 218 g/mol. The van der Waals surface area contributed by atoms with Crippen LogP contribution in [0.2, 0.25) is 0 Å². The van der Waals surface area contributed by atoms with Crippen molar-refractivity contribution < 1.29 is 14.6 Å². The molecule has 0 fully saturated rings. The van der Waals surface area contributed by atoms with Gasteiger partial charge in [0.15, 0.2) is 0 Å². The van der Waals surface area contributed by atoms with Crippen molar-refractivity contribution in [1.82, 2.24) is 4.98 Å². The highest BCUT2D eigenvalue weighted by atomic mass is 16.5. The fraction of sp³-hybridized carbons (Fsp3) is 0.231. The second kappa shape index (κ2) is 7.22. The zero-order chi connectivity index (χ0) is 12.5. The standard InChI is InChI=1S/C13H15NO3/c1-2-3-4-9-17-12-7-5-11(14-10-12)6-8-13(15)16/h2,5-8,10H,1,3-4,9H2,(H,15,16). The summed E-state index contributed by atoms with van der Waals surface area (Å²) >= 11 is 0. The van der Waals surface area contributed by atoms with Crippen molar-refractivity contribution in [3.05, 3.63) is 42.8 Å². The van der Waals surface area contributed by atoms with E-state index in [4.69, 9.17) is 9.84 Å². The van der Waals surface area contributed by atoms with E-state index in [1.165, 1.54) is 6.08 Å². The van der Waals surface area contributed by atoms with Crippen LogP contribution in [-0.4, -0.2) is 22.7 Å². The van der Waals surface area contributed by atoms with Crippen LogP contribution in [0.1, 0.15) is 18.5 Å². The van der Waals surface area contributed by atoms with Gasteiger partial charge in [-0.15, -0.1) is 6.58 Å². The number of carboxylic acid groups (broad SMARTS) is 1. The molecule has 1 N–H and O–H groups in total. The molecule has 1 aromatic heterocycles. The summed E-state index contributed by atoms with van der Waals surface area (Å²) in [6.45, 7) is 4.25. The van der Waals surface area contributed by atoms with Crippen molar-refractivity contribution in [3.63, 3.8) is 0 Å². The molecule has 1 aromatic rings. The summed E-state index contributed by atoms with van der Waals surface area (Å²) in [6, 6.07) is 3.48. The molecule has 0 aliphatic carbocycles. The molecule has 0 saturated carbocycles. The van der Waals surface area contributed by atoms with Gasteiger partial charge in [0.05, 0.1) is 18.5 Å². The van der Waals surface area contributed by atoms with Crippen LogP contribution in [0.3, 0.4) is 0 Å². The third-order valence-corrected chi connectivity index (χ3v) is 1.98. The number of ether oxygens (including phenoxy) is 1. The van der Waals surface area contributed by atoms with Gasteiger partial charge >= 0.3 is 5.97 Å². The van der Waals surface area contributed by atoms with Crippen LogP contribution in [0.25, 0.3) is 6.08 Å². The summed E-state index contributed by atoms with van der Waals surface area (Å²) in [7, 11) is 0. The van der Waals surface area contributed by atoms with E-state index in [0.717, 1.165) is 18.9 Å². The van der Waals surface area contributed by atoms with Crippen molar-refractivity contribution in [2.75, 3.05) is 6.61 Å². The highest BCUT2D eigenvalue weighted by Crippen LogP contribution is 2.10. The predicted octanol–water partition coefficient (Wildman–Crippen LogP) is 2.52. The first kappa shape index (κ1) is 13.0. The van der Waals surface area contributed by atoms with Gasteiger partial charge in [-0.05, 0) is 31.1 Å². The zero-order valence-corrected chi connectivity index (χ0v) is 9.50. The van der Waals surface area contributed by atoms with E-state index >= 15 is 0 Å². The molecule has 0 amide bonds. The van der Waals surface area contributed by atoms with E-state index in [-0.39, 0.29) is 0 Å². The van der Waals surface area contributed by atoms with Crippen LogP contribution >= 0.6 is 0 Å². The van der Waals surface area contributed by atoms with Crippen LogP contribution in [0.15, 0.2) is 37.1 Å². The number of allylic oxidation sites excluding steroid dienone is 1. The molecule has 0 atom stereocenters. The Kier molecular flexibility index (Phi) is 5.51. The van der Waals surface area contributed by atoms with Crippen molar-refractivity contribution in [1.29, 1.82) is 0 Å². The number of hydrogen-bond donors (Lipinski definition) is 1. The number of carbonyl (C=O) groups is 1. The largest absolute Gasteiger partial charge is 0.492 e. The highest BCUT2D eigenvalue weighted by Gasteiger charge is 1.95. The molecule has 0 radical (unpaired) electrons. The number of rotatable bonds is 7. The monoisotopic (exact) mass is 233 g/mol. The topological polar surface area (TPSA) is 59.4 Å². The number of unbranched alkanes of at least 4 members (excludes halogenated alkanes) is 1. The van der Waals surface area contributed by atoms with Gasteiger partial charge in [-0.2, -0.15) is 0 Å². The average Bonchev–Trinajstić information content (AvgIpc) is 2.33. The smallest absolute Gasteiger partial charge is 0.328 e. The lowest BCUT2D eigenvalue weighted by molar-refractivity contribution is -0.131. The Balaban J connectivity index is 2.44. The molecule has 4 heteroatoms. The van der Waals surface area contributed by atoms with Gasteiger partial charge in [0.2, 0.25) is 0 Å². The normalized spacial score (nSPS) is 10.4. The maximum Gasteiger partial charge on any atom is 0.328 e. The quantitative estimate of drug-likeness (QED) is 0.446. The lowest BCUT2D eigenvalue weighted by atomic mass is 10.3. The number of aromatic nitrogens is 1. The molecule has 17 heavy (non-hydrogen) atoms. The molecule has 4 nitrogen and oxygen atoms in total. The Hall–Kier alpha value is -2.10. The van der Waals surface area contributed by atoms with Crippen LogP contribution in [0.5, 0.6) is 5.75 Å². The third kappa shape index (κ3) is 5.51. The minimum Gasteiger partial charge on any atom is -0.492 e. The molecular formula is C13H15NO3. The molecule has 1 heterocycles. The van der Waals surface area contributed by atoms with Gasteiger partial charge in [-0.1, -0.05) is 6.08 Å². The van der Waals surface area contributed by atoms with E-state index in [1.54, 1.807) is 18.3 Å². The van der Waals surface area contributed by atoms with Gasteiger partial charge in [0, 0.05) is 6.08 Å². The minimum absolute atomic E-state index is 0.589. The summed E-state index contributed by atoms with van der Waals surface area (Å²) in [6.07, 6.45) is 7.75. The first-order valence-corrected chi connectivity index (χ1v) is 5.33. The fourth-order valence-corrected chi connectivity index (χ4v) is 1.15. The fourth-order valence-electron chi connectivity index (χ4n) is 1.15. The Morgan fingerprint density at radius 2 is 2.35 bits per heavy atom. The molecule has 1 rings (SSSR count). The number of carboxylic acids is 1. The summed E-state index contributed by atoms with van der Waals surface area (Å²) in [5.74, 6) is -0.307. The molecule has 0 aliphatic heterocycles. The molecule has 0 saturated heterocycles. The van der Waals surface area contributed by atoms with E-state index in [9.17, 15) is 4.79 Å². The second-order valence-corrected chi connectivity index (χ2v) is 3.37. The summed E-state index contributed by atoms with van der Waals surface area (Å²) < 4.78 is 5.44. The molecule has 0 bridgehead atoms. The number of aliphatic carboxylic acids is 1. The second-order valence-electron chi connectivity index (χ2n) is 3.37. The summed E-state index contributed by atoms with van der Waals surface area (Å²) in [4.78, 5) is 14.3. The molecule has 0 aromatic carbocycles. The number of pyridine rings is 1. The van der Waals surface area contributed by atoms with Crippen molar-refractivity contribution in [2.45, 2.75) is 12.8 Å². The summed E-state index contributed by atoms with van der Waals surface area (Å²) in [5.41, 5.74) is 0.589. The SMILES string of the molecule is C=CCCCOc1ccc(C=CC(=O)O)nc1. The van der Waals surface area contributed by atoms with E-state index in [0.29, 0.717) is 18.1 Å². The lowest BCUT2D eigenvalue weighted by Crippen LogP contribution is -1.97. The maximum atomic E-state index is 10.3. The van der Waals surface area contributed by atoms with Gasteiger partial charge in [0.1, 0.15) is 5.75 Å². The van der Waals surface area contributed by atoms with Crippen LogP contribution in [0.4, 0.5) is 0 Å². The van der Waals surface area contributed by atoms with Crippen molar-refractivity contribution >= 4 is 12.0 Å². The van der Waals surface area contributed by atoms with Gasteiger partial charge in [-0.3, -0.25) is 4.98 Å². The Morgan fingerprint density at radius 3 is 2.94 bits per heavy atom. The minimum atomic E-state index is -0.989. The van der Waals surface area contributed by atoms with Gasteiger partial charge in [-0.25, -0.2) is 4.79 Å². The predicted molar refractivity (Wildman–Crippen MR) is 65.8 cm³/mol. The van der Waals surface area contributed by atoms with Crippen molar-refractivity contribution in [3.8, 4) is 5.75 Å². The molecule has 0 unspecified atom stereocenters. The molecule has 0 spiro atoms. The van der Waals surface area contributed by atoms with Crippen LogP contribution < -0.4 is 4.74 Å². The zero-order valence-electron chi connectivity index (χ0n) is 9.50. The third-order valence-electron chi connectivity index (χ3n) is 1.98. The Morgan fingerprint density at radius 1 is 1.53 bits per heavy atom. The first-order valence-electron chi connectivity index (χ1n) is 5.33. The average molecular weight is 233 g/mol.